The van der Waals surface area contributed by atoms with E-state index in [2.05, 4.69) is 4.98 Å². The summed E-state index contributed by atoms with van der Waals surface area (Å²) >= 11 is 0. The molecule has 18 heavy (non-hydrogen) atoms. The maximum absolute atomic E-state index is 13.2. The van der Waals surface area contributed by atoms with E-state index in [-0.39, 0.29) is 12.1 Å². The van der Waals surface area contributed by atoms with Crippen molar-refractivity contribution < 1.29 is 4.39 Å². The lowest BCUT2D eigenvalue weighted by atomic mass is 10.1. The molecule has 0 spiro atoms. The van der Waals surface area contributed by atoms with Gasteiger partial charge in [-0.05, 0) is 36.2 Å². The van der Waals surface area contributed by atoms with E-state index in [0.29, 0.717) is 5.56 Å². The van der Waals surface area contributed by atoms with Crippen LogP contribution in [0.3, 0.4) is 0 Å². The van der Waals surface area contributed by atoms with Gasteiger partial charge in [-0.25, -0.2) is 14.2 Å². The molecule has 4 nitrogen and oxygen atoms in total. The highest BCUT2D eigenvalue weighted by Crippen LogP contribution is 2.09. The number of nitriles is 1. The number of benzene rings is 1. The van der Waals surface area contributed by atoms with Crippen molar-refractivity contribution in [2.45, 2.75) is 13.5 Å². The normalized spacial score (nSPS) is 10.1. The molecule has 1 aromatic heterocycles. The molecule has 0 atom stereocenters. The smallest absolute Gasteiger partial charge is 0.294 e. The van der Waals surface area contributed by atoms with E-state index < -0.39 is 11.5 Å². The third-order valence-corrected chi connectivity index (χ3v) is 2.42. The van der Waals surface area contributed by atoms with Crippen LogP contribution in [0.2, 0.25) is 0 Å². The van der Waals surface area contributed by atoms with E-state index in [1.807, 2.05) is 13.0 Å². The number of halogens is 1. The molecule has 0 fully saturated rings. The van der Waals surface area contributed by atoms with Crippen LogP contribution in [0.15, 0.2) is 35.4 Å². The molecule has 2 aromatic rings. The summed E-state index contributed by atoms with van der Waals surface area (Å²) in [6.07, 6.45) is 3.12. The first kappa shape index (κ1) is 12.0. The Labute approximate surface area is 103 Å². The van der Waals surface area contributed by atoms with Gasteiger partial charge in [0.2, 0.25) is 0 Å². The van der Waals surface area contributed by atoms with Crippen LogP contribution in [0, 0.1) is 24.1 Å². The van der Waals surface area contributed by atoms with Gasteiger partial charge in [-0.15, -0.1) is 0 Å². The number of rotatable bonds is 2. The molecule has 0 saturated heterocycles. The predicted octanol–water partition coefficient (Wildman–Crippen LogP) is 1.61. The first-order valence-corrected chi connectivity index (χ1v) is 5.31. The van der Waals surface area contributed by atoms with Crippen molar-refractivity contribution >= 4 is 0 Å². The maximum Gasteiger partial charge on any atom is 0.347 e. The van der Waals surface area contributed by atoms with Crippen molar-refractivity contribution in [1.82, 2.24) is 9.55 Å². The van der Waals surface area contributed by atoms with Gasteiger partial charge in [0.05, 0.1) is 18.2 Å². The van der Waals surface area contributed by atoms with E-state index >= 15 is 0 Å². The highest BCUT2D eigenvalue weighted by atomic mass is 19.1. The summed E-state index contributed by atoms with van der Waals surface area (Å²) in [6.45, 7) is 2.01. The van der Waals surface area contributed by atoms with Crippen molar-refractivity contribution in [3.8, 4) is 6.07 Å². The summed E-state index contributed by atoms with van der Waals surface area (Å²) in [6, 6.07) is 5.89. The van der Waals surface area contributed by atoms with Gasteiger partial charge < -0.3 is 0 Å². The first-order chi connectivity index (χ1) is 8.58. The quantitative estimate of drug-likeness (QED) is 0.805. The van der Waals surface area contributed by atoms with Crippen LogP contribution in [0.5, 0.6) is 0 Å². The molecule has 2 rings (SSSR count). The van der Waals surface area contributed by atoms with Gasteiger partial charge in [0.15, 0.2) is 0 Å². The lowest BCUT2D eigenvalue weighted by Gasteiger charge is -2.06. The van der Waals surface area contributed by atoms with E-state index in [1.165, 1.54) is 16.8 Å². The minimum atomic E-state index is -0.488. The summed E-state index contributed by atoms with van der Waals surface area (Å²) in [5.41, 5.74) is 1.23. The summed E-state index contributed by atoms with van der Waals surface area (Å²) in [4.78, 5) is 15.2. The van der Waals surface area contributed by atoms with Gasteiger partial charge >= 0.3 is 5.69 Å². The van der Waals surface area contributed by atoms with Gasteiger partial charge in [-0.3, -0.25) is 4.57 Å². The summed E-state index contributed by atoms with van der Waals surface area (Å²) in [5, 5.41) is 8.75. The molecule has 0 bridgehead atoms. The lowest BCUT2D eigenvalue weighted by Crippen LogP contribution is -2.22. The lowest BCUT2D eigenvalue weighted by molar-refractivity contribution is 0.621. The number of hydrogen-bond donors (Lipinski definition) is 0. The molecule has 1 aromatic carbocycles. The number of hydrogen-bond acceptors (Lipinski definition) is 3. The number of nitrogens with zero attached hydrogens (tertiary/aromatic N) is 3. The topological polar surface area (TPSA) is 58.7 Å². The fourth-order valence-corrected chi connectivity index (χ4v) is 1.68. The molecule has 1 heterocycles. The Hall–Kier alpha value is -2.48. The molecule has 0 aliphatic carbocycles. The molecule has 0 amide bonds. The monoisotopic (exact) mass is 243 g/mol. The van der Waals surface area contributed by atoms with Crippen molar-refractivity contribution in [1.29, 1.82) is 5.26 Å². The standard InChI is InChI=1S/C13H10FN3O/c1-9-6-16-13(18)17(7-9)8-11-2-10(5-15)3-12(14)4-11/h2-4,6-7H,8H2,1H3. The number of aryl methyl sites for hydroxylation is 1. The van der Waals surface area contributed by atoms with Crippen molar-refractivity contribution in [2.24, 2.45) is 0 Å². The Kier molecular flexibility index (Phi) is 3.20. The second kappa shape index (κ2) is 4.80. The Morgan fingerprint density at radius 2 is 2.22 bits per heavy atom. The highest BCUT2D eigenvalue weighted by molar-refractivity contribution is 5.33. The van der Waals surface area contributed by atoms with Crippen molar-refractivity contribution in [3.63, 3.8) is 0 Å². The Morgan fingerprint density at radius 3 is 2.94 bits per heavy atom. The summed E-state index contributed by atoms with van der Waals surface area (Å²) in [7, 11) is 0. The Bertz CT molecular complexity index is 685. The van der Waals surface area contributed by atoms with Gasteiger partial charge in [0.25, 0.3) is 0 Å². The SMILES string of the molecule is Cc1cnc(=O)n(Cc2cc(F)cc(C#N)c2)c1. The third kappa shape index (κ3) is 2.61. The molecular formula is C13H10FN3O. The molecule has 5 heteroatoms. The Balaban J connectivity index is 2.40. The van der Waals surface area contributed by atoms with Crippen LogP contribution < -0.4 is 5.69 Å². The first-order valence-electron chi connectivity index (χ1n) is 5.31. The molecule has 0 unspecified atom stereocenters. The van der Waals surface area contributed by atoms with Crippen LogP contribution in [-0.4, -0.2) is 9.55 Å². The van der Waals surface area contributed by atoms with Gasteiger partial charge in [0, 0.05) is 12.4 Å². The summed E-state index contributed by atoms with van der Waals surface area (Å²) in [5.74, 6) is -0.488. The fraction of sp³-hybridized carbons (Fsp3) is 0.154. The largest absolute Gasteiger partial charge is 0.347 e. The van der Waals surface area contributed by atoms with E-state index in [1.54, 1.807) is 12.3 Å². The van der Waals surface area contributed by atoms with Crippen molar-refractivity contribution in [2.75, 3.05) is 0 Å². The molecule has 90 valence electrons. The Morgan fingerprint density at radius 1 is 1.44 bits per heavy atom. The van der Waals surface area contributed by atoms with Crippen LogP contribution in [0.1, 0.15) is 16.7 Å². The van der Waals surface area contributed by atoms with Crippen molar-refractivity contribution in [3.05, 3.63) is 63.6 Å². The third-order valence-electron chi connectivity index (χ3n) is 2.42. The van der Waals surface area contributed by atoms with Gasteiger partial charge in [-0.1, -0.05) is 0 Å². The molecule has 0 radical (unpaired) electrons. The molecule has 0 N–H and O–H groups in total. The molecule has 0 aliphatic rings. The van der Waals surface area contributed by atoms with Crippen LogP contribution >= 0.6 is 0 Å². The maximum atomic E-state index is 13.2. The molecular weight excluding hydrogens is 233 g/mol. The second-order valence-electron chi connectivity index (χ2n) is 4.00. The van der Waals surface area contributed by atoms with Crippen LogP contribution in [-0.2, 0) is 6.54 Å². The number of aromatic nitrogens is 2. The van der Waals surface area contributed by atoms with Gasteiger partial charge in [0.1, 0.15) is 5.82 Å². The van der Waals surface area contributed by atoms with Crippen LogP contribution in [0.4, 0.5) is 4.39 Å². The van der Waals surface area contributed by atoms with E-state index in [0.717, 1.165) is 11.6 Å². The summed E-state index contributed by atoms with van der Waals surface area (Å²) < 4.78 is 14.6. The average molecular weight is 243 g/mol. The van der Waals surface area contributed by atoms with Gasteiger partial charge in [-0.2, -0.15) is 5.26 Å². The van der Waals surface area contributed by atoms with E-state index in [4.69, 9.17) is 5.26 Å². The molecule has 0 aliphatic heterocycles. The zero-order valence-corrected chi connectivity index (χ0v) is 9.72. The zero-order valence-electron chi connectivity index (χ0n) is 9.72. The predicted molar refractivity (Wildman–Crippen MR) is 63.5 cm³/mol. The second-order valence-corrected chi connectivity index (χ2v) is 4.00. The zero-order chi connectivity index (χ0) is 13.1. The fourth-order valence-electron chi connectivity index (χ4n) is 1.68. The van der Waals surface area contributed by atoms with E-state index in [9.17, 15) is 9.18 Å². The molecule has 0 saturated carbocycles. The average Bonchev–Trinajstić information content (AvgIpc) is 2.33. The van der Waals surface area contributed by atoms with Crippen LogP contribution in [0.25, 0.3) is 0 Å². The minimum Gasteiger partial charge on any atom is -0.294 e. The highest BCUT2D eigenvalue weighted by Gasteiger charge is 2.03. The minimum absolute atomic E-state index is 0.194.